The molecule has 0 aliphatic rings. The second kappa shape index (κ2) is 4.14. The number of methoxy groups -OCH3 is 1. The van der Waals surface area contributed by atoms with Crippen LogP contribution in [0.1, 0.15) is 0 Å². The number of aromatic nitrogens is 2. The molecule has 2 aromatic rings. The summed E-state index contributed by atoms with van der Waals surface area (Å²) in [6, 6.07) is 7.25. The van der Waals surface area contributed by atoms with Gasteiger partial charge in [0, 0.05) is 13.2 Å². The summed E-state index contributed by atoms with van der Waals surface area (Å²) in [4.78, 5) is 11.8. The Kier molecular flexibility index (Phi) is 2.68. The van der Waals surface area contributed by atoms with Gasteiger partial charge < -0.3 is 10.1 Å². The standard InChI is InChI=1S/C11H13N3O2/c1-12-10-7-13-14(11(10)15)8-3-5-9(16-2)6-4-8/h3-7,12-13H,1-2H3. The Bertz CT molecular complexity index is 525. The summed E-state index contributed by atoms with van der Waals surface area (Å²) < 4.78 is 6.52. The van der Waals surface area contributed by atoms with Crippen LogP contribution in [0.4, 0.5) is 5.69 Å². The first-order valence-electron chi connectivity index (χ1n) is 4.89. The molecule has 1 heterocycles. The van der Waals surface area contributed by atoms with Crippen LogP contribution in [0.25, 0.3) is 5.69 Å². The second-order valence-electron chi connectivity index (χ2n) is 3.28. The van der Waals surface area contributed by atoms with Gasteiger partial charge in [0.1, 0.15) is 11.4 Å². The van der Waals surface area contributed by atoms with Crippen LogP contribution in [0.3, 0.4) is 0 Å². The minimum absolute atomic E-state index is 0.104. The van der Waals surface area contributed by atoms with E-state index in [1.54, 1.807) is 20.4 Å². The zero-order valence-electron chi connectivity index (χ0n) is 9.15. The number of anilines is 1. The van der Waals surface area contributed by atoms with Crippen LogP contribution < -0.4 is 15.6 Å². The molecule has 0 aliphatic carbocycles. The topological polar surface area (TPSA) is 59.1 Å². The summed E-state index contributed by atoms with van der Waals surface area (Å²) in [6.07, 6.45) is 1.63. The van der Waals surface area contributed by atoms with Crippen molar-refractivity contribution < 1.29 is 4.74 Å². The van der Waals surface area contributed by atoms with Gasteiger partial charge in [-0.25, -0.2) is 4.68 Å². The van der Waals surface area contributed by atoms with Gasteiger partial charge >= 0.3 is 0 Å². The number of nitrogens with zero attached hydrogens (tertiary/aromatic N) is 1. The van der Waals surface area contributed by atoms with E-state index in [-0.39, 0.29) is 5.56 Å². The quantitative estimate of drug-likeness (QED) is 0.815. The van der Waals surface area contributed by atoms with E-state index in [2.05, 4.69) is 10.4 Å². The maximum Gasteiger partial charge on any atom is 0.294 e. The van der Waals surface area contributed by atoms with Crippen LogP contribution in [0.5, 0.6) is 5.75 Å². The van der Waals surface area contributed by atoms with Gasteiger partial charge in [-0.3, -0.25) is 9.89 Å². The zero-order chi connectivity index (χ0) is 11.5. The van der Waals surface area contributed by atoms with E-state index < -0.39 is 0 Å². The molecule has 16 heavy (non-hydrogen) atoms. The lowest BCUT2D eigenvalue weighted by Gasteiger charge is -2.03. The lowest BCUT2D eigenvalue weighted by atomic mass is 10.3. The van der Waals surface area contributed by atoms with Crippen LogP contribution in [-0.4, -0.2) is 23.9 Å². The highest BCUT2D eigenvalue weighted by atomic mass is 16.5. The molecule has 0 radical (unpaired) electrons. The van der Waals surface area contributed by atoms with Crippen LogP contribution in [0.15, 0.2) is 35.3 Å². The van der Waals surface area contributed by atoms with Gasteiger partial charge in [-0.05, 0) is 24.3 Å². The van der Waals surface area contributed by atoms with Crippen molar-refractivity contribution in [3.8, 4) is 11.4 Å². The minimum Gasteiger partial charge on any atom is -0.497 e. The first-order chi connectivity index (χ1) is 7.76. The summed E-state index contributed by atoms with van der Waals surface area (Å²) in [5.74, 6) is 0.761. The van der Waals surface area contributed by atoms with Crippen molar-refractivity contribution in [3.63, 3.8) is 0 Å². The molecule has 0 fully saturated rings. The lowest BCUT2D eigenvalue weighted by Crippen LogP contribution is -2.16. The Hall–Kier alpha value is -2.17. The average Bonchev–Trinajstić information content (AvgIpc) is 2.70. The number of aromatic amines is 1. The summed E-state index contributed by atoms with van der Waals surface area (Å²) in [5.41, 5.74) is 1.20. The molecule has 0 saturated carbocycles. The monoisotopic (exact) mass is 219 g/mol. The van der Waals surface area contributed by atoms with E-state index in [1.165, 1.54) is 4.68 Å². The number of H-pyrrole nitrogens is 1. The number of nitrogens with one attached hydrogen (secondary N) is 2. The fourth-order valence-electron chi connectivity index (χ4n) is 1.47. The number of hydrogen-bond acceptors (Lipinski definition) is 3. The minimum atomic E-state index is -0.104. The van der Waals surface area contributed by atoms with E-state index in [1.807, 2.05) is 24.3 Å². The SMILES string of the molecule is CNc1c[nH]n(-c2ccc(OC)cc2)c1=O. The van der Waals surface area contributed by atoms with Crippen molar-refractivity contribution in [1.82, 2.24) is 9.78 Å². The largest absolute Gasteiger partial charge is 0.497 e. The van der Waals surface area contributed by atoms with Gasteiger partial charge in [0.05, 0.1) is 12.8 Å². The Labute approximate surface area is 92.7 Å². The van der Waals surface area contributed by atoms with Crippen LogP contribution in [0, 0.1) is 0 Å². The highest BCUT2D eigenvalue weighted by Crippen LogP contribution is 2.13. The number of ether oxygens (including phenoxy) is 1. The van der Waals surface area contributed by atoms with Crippen LogP contribution in [0.2, 0.25) is 0 Å². The normalized spacial score (nSPS) is 10.1. The molecule has 0 atom stereocenters. The molecule has 1 aromatic heterocycles. The Morgan fingerprint density at radius 3 is 2.50 bits per heavy atom. The molecule has 0 aliphatic heterocycles. The number of benzene rings is 1. The van der Waals surface area contributed by atoms with Gasteiger partial charge in [-0.2, -0.15) is 0 Å². The Morgan fingerprint density at radius 1 is 1.31 bits per heavy atom. The fraction of sp³-hybridized carbons (Fsp3) is 0.182. The molecule has 0 unspecified atom stereocenters. The summed E-state index contributed by atoms with van der Waals surface area (Å²) in [5, 5.41) is 5.70. The molecule has 0 saturated heterocycles. The van der Waals surface area contributed by atoms with E-state index in [9.17, 15) is 4.79 Å². The van der Waals surface area contributed by atoms with Gasteiger partial charge in [0.15, 0.2) is 0 Å². The smallest absolute Gasteiger partial charge is 0.294 e. The summed E-state index contributed by atoms with van der Waals surface area (Å²) in [6.45, 7) is 0. The van der Waals surface area contributed by atoms with Crippen molar-refractivity contribution >= 4 is 5.69 Å². The van der Waals surface area contributed by atoms with Crippen molar-refractivity contribution in [1.29, 1.82) is 0 Å². The Balaban J connectivity index is 2.42. The highest BCUT2D eigenvalue weighted by Gasteiger charge is 2.05. The summed E-state index contributed by atoms with van der Waals surface area (Å²) in [7, 11) is 3.32. The molecule has 0 spiro atoms. The van der Waals surface area contributed by atoms with E-state index in [4.69, 9.17) is 4.74 Å². The van der Waals surface area contributed by atoms with Crippen molar-refractivity contribution in [3.05, 3.63) is 40.8 Å². The maximum absolute atomic E-state index is 11.8. The zero-order valence-corrected chi connectivity index (χ0v) is 9.15. The predicted octanol–water partition coefficient (Wildman–Crippen LogP) is 1.22. The number of rotatable bonds is 3. The van der Waals surface area contributed by atoms with Gasteiger partial charge in [-0.1, -0.05) is 0 Å². The second-order valence-corrected chi connectivity index (χ2v) is 3.28. The molecule has 0 bridgehead atoms. The van der Waals surface area contributed by atoms with E-state index in [0.29, 0.717) is 5.69 Å². The first-order valence-corrected chi connectivity index (χ1v) is 4.89. The number of hydrogen-bond donors (Lipinski definition) is 2. The van der Waals surface area contributed by atoms with Gasteiger partial charge in [0.2, 0.25) is 0 Å². The fourth-order valence-corrected chi connectivity index (χ4v) is 1.47. The third kappa shape index (κ3) is 1.67. The van der Waals surface area contributed by atoms with Crippen LogP contribution in [-0.2, 0) is 0 Å². The molecule has 2 N–H and O–H groups in total. The lowest BCUT2D eigenvalue weighted by molar-refractivity contribution is 0.414. The van der Waals surface area contributed by atoms with Crippen molar-refractivity contribution in [2.45, 2.75) is 0 Å². The van der Waals surface area contributed by atoms with Crippen molar-refractivity contribution in [2.75, 3.05) is 19.5 Å². The first kappa shape index (κ1) is 10.4. The van der Waals surface area contributed by atoms with Gasteiger partial charge in [0.25, 0.3) is 5.56 Å². The highest BCUT2D eigenvalue weighted by molar-refractivity contribution is 5.43. The van der Waals surface area contributed by atoms with Crippen LogP contribution >= 0.6 is 0 Å². The third-order valence-electron chi connectivity index (χ3n) is 2.37. The third-order valence-corrected chi connectivity index (χ3v) is 2.37. The van der Waals surface area contributed by atoms with E-state index >= 15 is 0 Å². The molecule has 0 amide bonds. The molecule has 2 rings (SSSR count). The van der Waals surface area contributed by atoms with Crippen molar-refractivity contribution in [2.24, 2.45) is 0 Å². The Morgan fingerprint density at radius 2 is 2.00 bits per heavy atom. The molecule has 5 nitrogen and oxygen atoms in total. The molecular formula is C11H13N3O2. The molecule has 1 aromatic carbocycles. The molecular weight excluding hydrogens is 206 g/mol. The molecule has 5 heteroatoms. The molecule has 84 valence electrons. The average molecular weight is 219 g/mol. The van der Waals surface area contributed by atoms with Gasteiger partial charge in [-0.15, -0.1) is 0 Å². The summed E-state index contributed by atoms with van der Waals surface area (Å²) >= 11 is 0. The van der Waals surface area contributed by atoms with E-state index in [0.717, 1.165) is 11.4 Å². The maximum atomic E-state index is 11.8. The predicted molar refractivity (Wildman–Crippen MR) is 62.5 cm³/mol.